The number of halogens is 1. The van der Waals surface area contributed by atoms with E-state index in [0.29, 0.717) is 40.0 Å². The van der Waals surface area contributed by atoms with Crippen molar-refractivity contribution in [2.24, 2.45) is 0 Å². The number of ether oxygens (including phenoxy) is 2. The maximum atomic E-state index is 13.8. The number of anilines is 1. The van der Waals surface area contributed by atoms with E-state index in [1.54, 1.807) is 62.8 Å². The van der Waals surface area contributed by atoms with E-state index < -0.39 is 11.7 Å². The van der Waals surface area contributed by atoms with Crippen LogP contribution >= 0.6 is 0 Å². The second-order valence-corrected chi connectivity index (χ2v) is 6.50. The topological polar surface area (TPSA) is 86.5 Å². The molecule has 0 saturated carbocycles. The fourth-order valence-corrected chi connectivity index (χ4v) is 2.97. The van der Waals surface area contributed by atoms with Gasteiger partial charge in [0.1, 0.15) is 5.82 Å². The minimum absolute atomic E-state index is 0.0250. The van der Waals surface area contributed by atoms with Crippen molar-refractivity contribution in [3.05, 3.63) is 78.1 Å². The Morgan fingerprint density at radius 2 is 1.65 bits per heavy atom. The summed E-state index contributed by atoms with van der Waals surface area (Å²) in [6.45, 7) is 0. The van der Waals surface area contributed by atoms with Crippen LogP contribution in [0.25, 0.3) is 22.8 Å². The van der Waals surface area contributed by atoms with Crippen molar-refractivity contribution in [1.29, 1.82) is 0 Å². The van der Waals surface area contributed by atoms with E-state index in [-0.39, 0.29) is 5.56 Å². The molecule has 1 amide bonds. The second-order valence-electron chi connectivity index (χ2n) is 6.50. The molecule has 0 bridgehead atoms. The third-order valence-corrected chi connectivity index (χ3v) is 4.58. The first kappa shape index (κ1) is 20.1. The van der Waals surface area contributed by atoms with E-state index in [2.05, 4.69) is 15.5 Å². The summed E-state index contributed by atoms with van der Waals surface area (Å²) in [5.74, 6) is 0.762. The first-order valence-electron chi connectivity index (χ1n) is 9.31. The number of aromatic nitrogens is 2. The lowest BCUT2D eigenvalue weighted by Crippen LogP contribution is -2.13. The molecule has 4 aromatic rings. The van der Waals surface area contributed by atoms with Crippen molar-refractivity contribution >= 4 is 11.6 Å². The number of rotatable bonds is 6. The molecule has 8 heteroatoms. The standard InChI is InChI=1S/C23H18FN3O4/c1-29-19-12-9-15(13-20(19)30-2)21-26-23(31-27-21)14-7-10-16(11-8-14)25-22(28)17-5-3-4-6-18(17)24/h3-13H,1-2H3,(H,25,28). The zero-order valence-electron chi connectivity index (χ0n) is 16.8. The Morgan fingerprint density at radius 1 is 0.935 bits per heavy atom. The number of nitrogens with zero attached hydrogens (tertiary/aromatic N) is 2. The molecule has 0 fully saturated rings. The van der Waals surface area contributed by atoms with Crippen molar-refractivity contribution in [1.82, 2.24) is 10.1 Å². The number of nitrogens with one attached hydrogen (secondary N) is 1. The number of methoxy groups -OCH3 is 2. The highest BCUT2D eigenvalue weighted by Crippen LogP contribution is 2.32. The van der Waals surface area contributed by atoms with Gasteiger partial charge in [-0.1, -0.05) is 17.3 Å². The summed E-state index contributed by atoms with van der Waals surface area (Å²) in [7, 11) is 3.11. The number of hydrogen-bond acceptors (Lipinski definition) is 6. The van der Waals surface area contributed by atoms with Crippen molar-refractivity contribution in [2.75, 3.05) is 19.5 Å². The maximum absolute atomic E-state index is 13.8. The predicted molar refractivity (Wildman–Crippen MR) is 113 cm³/mol. The van der Waals surface area contributed by atoms with Crippen LogP contribution in [0.1, 0.15) is 10.4 Å². The normalized spacial score (nSPS) is 10.5. The summed E-state index contributed by atoms with van der Waals surface area (Å²) < 4.78 is 29.7. The van der Waals surface area contributed by atoms with E-state index in [9.17, 15) is 9.18 Å². The van der Waals surface area contributed by atoms with E-state index in [0.717, 1.165) is 0 Å². The van der Waals surface area contributed by atoms with Crippen LogP contribution in [-0.2, 0) is 0 Å². The summed E-state index contributed by atoms with van der Waals surface area (Å²) in [6.07, 6.45) is 0. The second kappa shape index (κ2) is 8.66. The highest BCUT2D eigenvalue weighted by Gasteiger charge is 2.14. The Labute approximate surface area is 177 Å². The van der Waals surface area contributed by atoms with Crippen LogP contribution < -0.4 is 14.8 Å². The highest BCUT2D eigenvalue weighted by molar-refractivity contribution is 6.04. The van der Waals surface area contributed by atoms with Gasteiger partial charge in [-0.3, -0.25) is 4.79 Å². The summed E-state index contributed by atoms with van der Waals surface area (Å²) >= 11 is 0. The van der Waals surface area contributed by atoms with Crippen LogP contribution in [0.5, 0.6) is 11.5 Å². The van der Waals surface area contributed by atoms with Crippen LogP contribution in [-0.4, -0.2) is 30.3 Å². The molecular formula is C23H18FN3O4. The Morgan fingerprint density at radius 3 is 2.35 bits per heavy atom. The molecule has 4 rings (SSSR count). The van der Waals surface area contributed by atoms with Crippen molar-refractivity contribution in [2.45, 2.75) is 0 Å². The van der Waals surface area contributed by atoms with Crippen LogP contribution in [0.4, 0.5) is 10.1 Å². The molecule has 7 nitrogen and oxygen atoms in total. The Kier molecular flexibility index (Phi) is 5.61. The molecule has 1 aromatic heterocycles. The van der Waals surface area contributed by atoms with Gasteiger partial charge < -0.3 is 19.3 Å². The summed E-state index contributed by atoms with van der Waals surface area (Å²) in [5.41, 5.74) is 1.87. The molecule has 0 radical (unpaired) electrons. The summed E-state index contributed by atoms with van der Waals surface area (Å²) in [5, 5.41) is 6.68. The van der Waals surface area contributed by atoms with Crippen LogP contribution in [0.15, 0.2) is 71.3 Å². The van der Waals surface area contributed by atoms with Gasteiger partial charge in [0.25, 0.3) is 11.8 Å². The van der Waals surface area contributed by atoms with Crippen LogP contribution in [0.3, 0.4) is 0 Å². The Bertz CT molecular complexity index is 1220. The highest BCUT2D eigenvalue weighted by atomic mass is 19.1. The number of benzene rings is 3. The zero-order chi connectivity index (χ0) is 21.8. The number of hydrogen-bond donors (Lipinski definition) is 1. The lowest BCUT2D eigenvalue weighted by atomic mass is 10.1. The van der Waals surface area contributed by atoms with Gasteiger partial charge in [0.05, 0.1) is 19.8 Å². The molecule has 31 heavy (non-hydrogen) atoms. The number of amides is 1. The molecular weight excluding hydrogens is 401 g/mol. The van der Waals surface area contributed by atoms with E-state index in [1.807, 2.05) is 0 Å². The predicted octanol–water partition coefficient (Wildman–Crippen LogP) is 4.81. The molecule has 0 unspecified atom stereocenters. The van der Waals surface area contributed by atoms with Crippen molar-refractivity contribution < 1.29 is 23.2 Å². The number of carbonyl (C=O) groups is 1. The fourth-order valence-electron chi connectivity index (χ4n) is 2.97. The first-order chi connectivity index (χ1) is 15.1. The molecule has 156 valence electrons. The van der Waals surface area contributed by atoms with E-state index >= 15 is 0 Å². The summed E-state index contributed by atoms with van der Waals surface area (Å²) in [6, 6.07) is 17.9. The smallest absolute Gasteiger partial charge is 0.258 e. The average molecular weight is 419 g/mol. The minimum Gasteiger partial charge on any atom is -0.493 e. The molecule has 3 aromatic carbocycles. The third-order valence-electron chi connectivity index (χ3n) is 4.58. The van der Waals surface area contributed by atoms with E-state index in [1.165, 1.54) is 18.2 Å². The molecule has 0 aliphatic rings. The lowest BCUT2D eigenvalue weighted by molar-refractivity contribution is 0.102. The van der Waals surface area contributed by atoms with Gasteiger partial charge in [0.2, 0.25) is 5.82 Å². The van der Waals surface area contributed by atoms with Crippen molar-refractivity contribution in [3.63, 3.8) is 0 Å². The minimum atomic E-state index is -0.579. The Balaban J connectivity index is 1.51. The van der Waals surface area contributed by atoms with Gasteiger partial charge in [-0.2, -0.15) is 4.98 Å². The largest absolute Gasteiger partial charge is 0.493 e. The molecule has 0 aliphatic heterocycles. The van der Waals surface area contributed by atoms with E-state index in [4.69, 9.17) is 14.0 Å². The maximum Gasteiger partial charge on any atom is 0.258 e. The first-order valence-corrected chi connectivity index (χ1v) is 9.31. The van der Waals surface area contributed by atoms with Gasteiger partial charge in [0, 0.05) is 16.8 Å². The van der Waals surface area contributed by atoms with Crippen LogP contribution in [0, 0.1) is 5.82 Å². The van der Waals surface area contributed by atoms with Crippen LogP contribution in [0.2, 0.25) is 0 Å². The molecule has 1 heterocycles. The Hall–Kier alpha value is -4.20. The third kappa shape index (κ3) is 4.23. The molecule has 0 spiro atoms. The van der Waals surface area contributed by atoms with Gasteiger partial charge in [-0.05, 0) is 54.6 Å². The number of carbonyl (C=O) groups excluding carboxylic acids is 1. The average Bonchev–Trinajstić information content (AvgIpc) is 3.29. The lowest BCUT2D eigenvalue weighted by Gasteiger charge is -2.07. The molecule has 0 atom stereocenters. The SMILES string of the molecule is COc1ccc(-c2noc(-c3ccc(NC(=O)c4ccccc4F)cc3)n2)cc1OC. The monoisotopic (exact) mass is 419 g/mol. The molecule has 1 N–H and O–H groups in total. The van der Waals surface area contributed by atoms with Gasteiger partial charge in [-0.15, -0.1) is 0 Å². The fraction of sp³-hybridized carbons (Fsp3) is 0.0870. The summed E-state index contributed by atoms with van der Waals surface area (Å²) in [4.78, 5) is 16.7. The molecule has 0 aliphatic carbocycles. The van der Waals surface area contributed by atoms with Gasteiger partial charge >= 0.3 is 0 Å². The molecule has 0 saturated heterocycles. The van der Waals surface area contributed by atoms with Gasteiger partial charge in [-0.25, -0.2) is 4.39 Å². The quantitative estimate of drug-likeness (QED) is 0.483. The van der Waals surface area contributed by atoms with Crippen molar-refractivity contribution in [3.8, 4) is 34.3 Å². The zero-order valence-corrected chi connectivity index (χ0v) is 16.8. The van der Waals surface area contributed by atoms with Gasteiger partial charge in [0.15, 0.2) is 11.5 Å².